The molecule has 2 aliphatic heterocycles. The zero-order valence-corrected chi connectivity index (χ0v) is 10.1. The summed E-state index contributed by atoms with van der Waals surface area (Å²) in [4.78, 5) is 14.2. The number of urea groups is 1. The van der Waals surface area contributed by atoms with E-state index in [0.717, 1.165) is 30.8 Å². The molecule has 1 N–H and O–H groups in total. The number of nitrogens with one attached hydrogen (secondary N) is 1. The SMILES string of the molecule is CCNC(=O)N1CC2C[C@@H]3CC1C[C@H](C2)C3. The van der Waals surface area contributed by atoms with Crippen molar-refractivity contribution in [3.05, 3.63) is 0 Å². The topological polar surface area (TPSA) is 32.3 Å². The van der Waals surface area contributed by atoms with Gasteiger partial charge in [-0.2, -0.15) is 0 Å². The number of rotatable bonds is 1. The maximum absolute atomic E-state index is 12.0. The molecule has 0 aromatic rings. The second-order valence-electron chi connectivity index (χ2n) is 5.92. The third kappa shape index (κ3) is 1.70. The molecular weight excluding hydrogens is 200 g/mol. The van der Waals surface area contributed by atoms with Crippen LogP contribution in [0.4, 0.5) is 4.79 Å². The van der Waals surface area contributed by atoms with Crippen molar-refractivity contribution in [3.8, 4) is 0 Å². The number of carbonyl (C=O) groups is 1. The van der Waals surface area contributed by atoms with Gasteiger partial charge >= 0.3 is 6.03 Å². The zero-order chi connectivity index (χ0) is 11.1. The molecule has 4 aliphatic rings. The molecule has 4 atom stereocenters. The predicted molar refractivity (Wildman–Crippen MR) is 63.1 cm³/mol. The first-order chi connectivity index (χ1) is 7.76. The molecule has 0 radical (unpaired) electrons. The van der Waals surface area contributed by atoms with E-state index in [4.69, 9.17) is 0 Å². The minimum absolute atomic E-state index is 0.181. The van der Waals surface area contributed by atoms with Gasteiger partial charge in [0.15, 0.2) is 0 Å². The first-order valence-corrected chi connectivity index (χ1v) is 6.80. The summed E-state index contributed by atoms with van der Waals surface area (Å²) in [5.74, 6) is 2.63. The van der Waals surface area contributed by atoms with Gasteiger partial charge in [0.05, 0.1) is 0 Å². The van der Waals surface area contributed by atoms with E-state index in [-0.39, 0.29) is 6.03 Å². The Balaban J connectivity index is 1.78. The van der Waals surface area contributed by atoms with Gasteiger partial charge in [-0.25, -0.2) is 4.79 Å². The van der Waals surface area contributed by atoms with E-state index < -0.39 is 0 Å². The van der Waals surface area contributed by atoms with Crippen LogP contribution in [0.25, 0.3) is 0 Å². The van der Waals surface area contributed by atoms with Crippen LogP contribution in [0.2, 0.25) is 0 Å². The maximum atomic E-state index is 12.0. The second-order valence-corrected chi connectivity index (χ2v) is 5.92. The molecular formula is C13H22N2O. The Kier molecular flexibility index (Phi) is 2.56. The fourth-order valence-electron chi connectivity index (χ4n) is 4.29. The molecule has 90 valence electrons. The van der Waals surface area contributed by atoms with Crippen LogP contribution in [0.3, 0.4) is 0 Å². The summed E-state index contributed by atoms with van der Waals surface area (Å²) in [6, 6.07) is 0.725. The average Bonchev–Trinajstić information content (AvgIpc) is 2.43. The molecule has 2 unspecified atom stereocenters. The third-order valence-corrected chi connectivity index (χ3v) is 4.70. The van der Waals surface area contributed by atoms with Crippen molar-refractivity contribution in [2.75, 3.05) is 13.1 Å². The van der Waals surface area contributed by atoms with Crippen LogP contribution >= 0.6 is 0 Å². The van der Waals surface area contributed by atoms with Crippen molar-refractivity contribution in [3.63, 3.8) is 0 Å². The smallest absolute Gasteiger partial charge is 0.317 e. The fraction of sp³-hybridized carbons (Fsp3) is 0.923. The summed E-state index contributed by atoms with van der Waals surface area (Å²) >= 11 is 0. The summed E-state index contributed by atoms with van der Waals surface area (Å²) in [5, 5.41) is 2.97. The van der Waals surface area contributed by atoms with Crippen LogP contribution in [-0.2, 0) is 0 Å². The van der Waals surface area contributed by atoms with E-state index in [1.807, 2.05) is 6.92 Å². The predicted octanol–water partition coefficient (Wildman–Crippen LogP) is 2.23. The minimum atomic E-state index is 0.181. The monoisotopic (exact) mass is 222 g/mol. The highest BCUT2D eigenvalue weighted by atomic mass is 16.2. The van der Waals surface area contributed by atoms with E-state index in [2.05, 4.69) is 10.2 Å². The molecule has 2 saturated carbocycles. The van der Waals surface area contributed by atoms with Gasteiger partial charge in [0.25, 0.3) is 0 Å². The van der Waals surface area contributed by atoms with Crippen LogP contribution in [0.15, 0.2) is 0 Å². The van der Waals surface area contributed by atoms with Gasteiger partial charge in [-0.05, 0) is 56.8 Å². The Hall–Kier alpha value is -0.730. The van der Waals surface area contributed by atoms with Gasteiger partial charge in [-0.1, -0.05) is 0 Å². The van der Waals surface area contributed by atoms with E-state index in [1.165, 1.54) is 32.1 Å². The molecule has 4 fully saturated rings. The Morgan fingerprint density at radius 3 is 2.38 bits per heavy atom. The van der Waals surface area contributed by atoms with Gasteiger partial charge in [-0.3, -0.25) is 0 Å². The van der Waals surface area contributed by atoms with Gasteiger partial charge in [0, 0.05) is 19.1 Å². The van der Waals surface area contributed by atoms with E-state index in [9.17, 15) is 4.79 Å². The van der Waals surface area contributed by atoms with Crippen LogP contribution < -0.4 is 5.32 Å². The molecule has 4 rings (SSSR count). The fourth-order valence-corrected chi connectivity index (χ4v) is 4.29. The van der Waals surface area contributed by atoms with Crippen molar-refractivity contribution in [2.24, 2.45) is 17.8 Å². The lowest BCUT2D eigenvalue weighted by Crippen LogP contribution is -2.47. The number of nitrogens with zero attached hydrogens (tertiary/aromatic N) is 1. The van der Waals surface area contributed by atoms with Gasteiger partial charge in [0.2, 0.25) is 0 Å². The Morgan fingerprint density at radius 2 is 1.75 bits per heavy atom. The highest BCUT2D eigenvalue weighted by Gasteiger charge is 2.43. The Labute approximate surface area is 97.6 Å². The highest BCUT2D eigenvalue weighted by molar-refractivity contribution is 5.74. The van der Waals surface area contributed by atoms with Crippen LogP contribution in [0.5, 0.6) is 0 Å². The number of fused-ring (bicyclic) bond motifs is 1. The molecule has 0 aromatic carbocycles. The molecule has 2 saturated heterocycles. The maximum Gasteiger partial charge on any atom is 0.317 e. The minimum Gasteiger partial charge on any atom is -0.338 e. The molecule has 16 heavy (non-hydrogen) atoms. The molecule has 2 amide bonds. The highest BCUT2D eigenvalue weighted by Crippen LogP contribution is 2.47. The number of carbonyl (C=O) groups excluding carboxylic acids is 1. The summed E-state index contributed by atoms with van der Waals surface area (Å²) < 4.78 is 0. The molecule has 2 heterocycles. The largest absolute Gasteiger partial charge is 0.338 e. The van der Waals surface area contributed by atoms with Crippen molar-refractivity contribution >= 4 is 6.03 Å². The molecule has 4 bridgehead atoms. The Morgan fingerprint density at radius 1 is 1.12 bits per heavy atom. The lowest BCUT2D eigenvalue weighted by molar-refractivity contribution is 0.132. The molecule has 3 heteroatoms. The molecule has 0 aromatic heterocycles. The standard InChI is InChI=1S/C13H22N2O/c1-2-14-13(16)15-8-11-4-9-3-10(5-11)7-12(15)6-9/h9-12H,2-8H2,1H3,(H,14,16)/t9-,10+,11?,12?. The lowest BCUT2D eigenvalue weighted by atomic mass is 9.68. The van der Waals surface area contributed by atoms with Crippen molar-refractivity contribution in [2.45, 2.75) is 45.1 Å². The van der Waals surface area contributed by atoms with E-state index >= 15 is 0 Å². The van der Waals surface area contributed by atoms with Gasteiger partial charge in [-0.15, -0.1) is 0 Å². The first kappa shape index (κ1) is 10.4. The van der Waals surface area contributed by atoms with E-state index in [1.54, 1.807) is 0 Å². The van der Waals surface area contributed by atoms with Crippen LogP contribution in [0, 0.1) is 17.8 Å². The van der Waals surface area contributed by atoms with Crippen molar-refractivity contribution in [1.29, 1.82) is 0 Å². The summed E-state index contributed by atoms with van der Waals surface area (Å²) in [6.07, 6.45) is 6.73. The molecule has 2 aliphatic carbocycles. The third-order valence-electron chi connectivity index (χ3n) is 4.70. The van der Waals surface area contributed by atoms with Crippen molar-refractivity contribution < 1.29 is 4.79 Å². The lowest BCUT2D eigenvalue weighted by Gasteiger charge is -2.38. The quantitative estimate of drug-likeness (QED) is 0.725. The Bertz CT molecular complexity index is 278. The number of hydrogen-bond donors (Lipinski definition) is 1. The average molecular weight is 222 g/mol. The van der Waals surface area contributed by atoms with Crippen molar-refractivity contribution in [1.82, 2.24) is 10.2 Å². The zero-order valence-electron chi connectivity index (χ0n) is 10.1. The molecule has 3 nitrogen and oxygen atoms in total. The summed E-state index contributed by atoms with van der Waals surface area (Å²) in [5.41, 5.74) is 0. The normalized spacial score (nSPS) is 40.9. The second kappa shape index (κ2) is 3.94. The summed E-state index contributed by atoms with van der Waals surface area (Å²) in [7, 11) is 0. The summed E-state index contributed by atoms with van der Waals surface area (Å²) in [6.45, 7) is 3.77. The van der Waals surface area contributed by atoms with E-state index in [0.29, 0.717) is 6.04 Å². The first-order valence-electron chi connectivity index (χ1n) is 6.80. The van der Waals surface area contributed by atoms with Crippen LogP contribution in [-0.4, -0.2) is 30.1 Å². The molecule has 0 spiro atoms. The number of amides is 2. The van der Waals surface area contributed by atoms with Gasteiger partial charge in [0.1, 0.15) is 0 Å². The van der Waals surface area contributed by atoms with Crippen LogP contribution in [0.1, 0.15) is 39.0 Å². The van der Waals surface area contributed by atoms with Gasteiger partial charge < -0.3 is 10.2 Å². The number of hydrogen-bond acceptors (Lipinski definition) is 1.